The van der Waals surface area contributed by atoms with Crippen LogP contribution in [0.25, 0.3) is 0 Å². The molecule has 0 rings (SSSR count). The molecule has 0 atom stereocenters. The molecule has 0 fully saturated rings. The Morgan fingerprint density at radius 3 is 1.40 bits per heavy atom. The van der Waals surface area contributed by atoms with E-state index in [9.17, 15) is 0 Å². The predicted molar refractivity (Wildman–Crippen MR) is 29.4 cm³/mol. The molecule has 0 aliphatic rings. The molecule has 0 heterocycles. The monoisotopic (exact) mass is 307 g/mol. The topological polar surface area (TPSA) is 0 Å². The van der Waals surface area contributed by atoms with Crippen LogP contribution in [0.3, 0.4) is 0 Å². The van der Waals surface area contributed by atoms with Crippen LogP contribution in [-0.2, 0) is 0 Å². The molecule has 0 aliphatic heterocycles. The molecule has 3 heteroatoms. The van der Waals surface area contributed by atoms with Crippen molar-refractivity contribution in [2.45, 2.75) is 4.84 Å². The Morgan fingerprint density at radius 2 is 1.40 bits per heavy atom. The van der Waals surface area contributed by atoms with Crippen molar-refractivity contribution in [3.8, 4) is 0 Å². The zero-order chi connectivity index (χ0) is 3.58. The second kappa shape index (κ2) is 5.50. The third-order valence-electron chi connectivity index (χ3n) is 0. The molecule has 0 bridgehead atoms. The summed E-state index contributed by atoms with van der Waals surface area (Å²) in [6, 6.07) is 0. The molecule has 0 saturated heterocycles. The standard InChI is InChI=1S/C2H3Cl2.Pb.2H/c1-2(3)4;;;/h2H,1H2;;;. The van der Waals surface area contributed by atoms with Crippen molar-refractivity contribution in [1.82, 2.24) is 0 Å². The first-order valence-electron chi connectivity index (χ1n) is 0.845. The van der Waals surface area contributed by atoms with Gasteiger partial charge in [0, 0.05) is 0 Å². The minimum atomic E-state index is -0.472. The summed E-state index contributed by atoms with van der Waals surface area (Å²) in [5.41, 5.74) is 0. The van der Waals surface area contributed by atoms with Crippen LogP contribution in [0.1, 0.15) is 0 Å². The van der Waals surface area contributed by atoms with E-state index in [0.29, 0.717) is 0 Å². The zero-order valence-corrected chi connectivity index (χ0v) is 9.76. The van der Waals surface area contributed by atoms with Gasteiger partial charge in [-0.1, -0.05) is 0 Å². The summed E-state index contributed by atoms with van der Waals surface area (Å²) < 4.78 is 0. The molecular weight excluding hydrogens is 302 g/mol. The summed E-state index contributed by atoms with van der Waals surface area (Å²) in [7, 11) is 0. The maximum absolute atomic E-state index is 4.93. The maximum atomic E-state index is 4.93. The molecular formula is C2H5Cl2Pb. The van der Waals surface area contributed by atoms with Crippen LogP contribution in [0.4, 0.5) is 0 Å². The van der Waals surface area contributed by atoms with Crippen LogP contribution in [0.5, 0.6) is 0 Å². The fourth-order valence-electron chi connectivity index (χ4n) is 0. The van der Waals surface area contributed by atoms with Crippen LogP contribution in [-0.4, -0.2) is 32.1 Å². The van der Waals surface area contributed by atoms with Gasteiger partial charge < -0.3 is 0 Å². The van der Waals surface area contributed by atoms with Gasteiger partial charge in [0.05, 0.1) is 0 Å². The fraction of sp³-hybridized carbons (Fsp3) is 0.500. The van der Waals surface area contributed by atoms with Crippen molar-refractivity contribution < 1.29 is 0 Å². The van der Waals surface area contributed by atoms with E-state index in [1.165, 1.54) is 0 Å². The van der Waals surface area contributed by atoms with Gasteiger partial charge in [0.25, 0.3) is 0 Å². The van der Waals surface area contributed by atoms with Crippen molar-refractivity contribution in [2.75, 3.05) is 0 Å². The first kappa shape index (κ1) is 9.71. The molecule has 31 valence electrons. The zero-order valence-electron chi connectivity index (χ0n) is 2.75. The summed E-state index contributed by atoms with van der Waals surface area (Å²) in [5.74, 6) is 0. The Kier molecular flexibility index (Phi) is 10.7. The van der Waals surface area contributed by atoms with E-state index in [2.05, 4.69) is 6.92 Å². The van der Waals surface area contributed by atoms with Crippen LogP contribution in [0.2, 0.25) is 0 Å². The van der Waals surface area contributed by atoms with Gasteiger partial charge in [-0.15, -0.1) is 23.2 Å². The molecule has 0 amide bonds. The Bertz CT molecular complexity index is 12.4. The molecule has 5 heavy (non-hydrogen) atoms. The van der Waals surface area contributed by atoms with E-state index in [1.807, 2.05) is 0 Å². The van der Waals surface area contributed by atoms with Crippen molar-refractivity contribution in [3.05, 3.63) is 6.92 Å². The number of alkyl halides is 2. The third-order valence-corrected chi connectivity index (χ3v) is 0. The first-order valence-corrected chi connectivity index (χ1v) is 1.72. The van der Waals surface area contributed by atoms with Crippen LogP contribution in [0, 0.1) is 6.92 Å². The van der Waals surface area contributed by atoms with Gasteiger partial charge >= 0.3 is 27.3 Å². The van der Waals surface area contributed by atoms with Gasteiger partial charge in [-0.2, -0.15) is 0 Å². The molecule has 0 saturated carbocycles. The molecule has 3 radical (unpaired) electrons. The molecule has 0 aliphatic carbocycles. The Hall–Kier alpha value is 1.50. The summed E-state index contributed by atoms with van der Waals surface area (Å²) >= 11 is 9.86. The average Bonchev–Trinajstić information content (AvgIpc) is 0.811. The van der Waals surface area contributed by atoms with Gasteiger partial charge in [0.15, 0.2) is 0 Å². The van der Waals surface area contributed by atoms with E-state index < -0.39 is 4.84 Å². The Morgan fingerprint density at radius 1 is 1.40 bits per heavy atom. The molecule has 0 spiro atoms. The van der Waals surface area contributed by atoms with Gasteiger partial charge in [0.2, 0.25) is 0 Å². The van der Waals surface area contributed by atoms with E-state index in [4.69, 9.17) is 23.2 Å². The van der Waals surface area contributed by atoms with Crippen molar-refractivity contribution in [3.63, 3.8) is 0 Å². The van der Waals surface area contributed by atoms with Crippen molar-refractivity contribution in [2.24, 2.45) is 0 Å². The summed E-state index contributed by atoms with van der Waals surface area (Å²) in [6.45, 7) is 3.17. The van der Waals surface area contributed by atoms with Gasteiger partial charge in [-0.3, -0.25) is 0 Å². The second-order valence-electron chi connectivity index (χ2n) is 0.391. The Balaban J connectivity index is 0. The quantitative estimate of drug-likeness (QED) is 0.457. The van der Waals surface area contributed by atoms with E-state index in [-0.39, 0.29) is 27.3 Å². The third kappa shape index (κ3) is 29.9. The first-order chi connectivity index (χ1) is 1.73. The van der Waals surface area contributed by atoms with Crippen LogP contribution < -0.4 is 0 Å². The van der Waals surface area contributed by atoms with E-state index >= 15 is 0 Å². The number of rotatable bonds is 0. The van der Waals surface area contributed by atoms with E-state index in [1.54, 1.807) is 0 Å². The summed E-state index contributed by atoms with van der Waals surface area (Å²) in [4.78, 5) is -0.472. The predicted octanol–water partition coefficient (Wildman–Crippen LogP) is 0.708. The molecule has 0 aromatic carbocycles. The van der Waals surface area contributed by atoms with Crippen molar-refractivity contribution in [1.29, 1.82) is 0 Å². The normalized spacial score (nSPS) is 7.20. The fourth-order valence-corrected chi connectivity index (χ4v) is 0. The average molecular weight is 307 g/mol. The van der Waals surface area contributed by atoms with Crippen LogP contribution >= 0.6 is 23.2 Å². The van der Waals surface area contributed by atoms with Crippen LogP contribution in [0.15, 0.2) is 0 Å². The SMILES string of the molecule is [CH2]C(Cl)Cl.[PbH2]. The van der Waals surface area contributed by atoms with Crippen molar-refractivity contribution >= 4 is 50.5 Å². The molecule has 0 unspecified atom stereocenters. The minimum absolute atomic E-state index is 0. The summed E-state index contributed by atoms with van der Waals surface area (Å²) in [5, 5.41) is 0. The number of hydrogen-bond acceptors (Lipinski definition) is 0. The molecule has 0 N–H and O–H groups in total. The van der Waals surface area contributed by atoms with Gasteiger partial charge in [-0.25, -0.2) is 0 Å². The molecule has 0 aromatic heterocycles. The second-order valence-corrected chi connectivity index (χ2v) is 1.67. The molecule has 0 aromatic rings. The van der Waals surface area contributed by atoms with Gasteiger partial charge in [-0.05, 0) is 6.92 Å². The Labute approximate surface area is 62.0 Å². The number of halogens is 2. The summed E-state index contributed by atoms with van der Waals surface area (Å²) in [6.07, 6.45) is 0. The van der Waals surface area contributed by atoms with E-state index in [0.717, 1.165) is 0 Å². The number of hydrogen-bond donors (Lipinski definition) is 0. The van der Waals surface area contributed by atoms with Gasteiger partial charge in [0.1, 0.15) is 4.84 Å². The molecule has 0 nitrogen and oxygen atoms in total.